The molecule has 0 fully saturated rings. The minimum atomic E-state index is -3.36. The van der Waals surface area contributed by atoms with E-state index in [9.17, 15) is 18.0 Å². The second-order valence-electron chi connectivity index (χ2n) is 9.14. The molecule has 2 heterocycles. The number of amides is 1. The van der Waals surface area contributed by atoms with Crippen molar-refractivity contribution >= 4 is 21.5 Å². The molecule has 0 radical (unpaired) electrons. The van der Waals surface area contributed by atoms with E-state index < -0.39 is 27.1 Å². The molecule has 9 heteroatoms. The van der Waals surface area contributed by atoms with Crippen LogP contribution in [0.2, 0.25) is 0 Å². The third-order valence-corrected chi connectivity index (χ3v) is 8.42. The zero-order chi connectivity index (χ0) is 25.5. The number of aromatic nitrogens is 3. The summed E-state index contributed by atoms with van der Waals surface area (Å²) in [5.74, 6) is -0.939. The summed E-state index contributed by atoms with van der Waals surface area (Å²) < 4.78 is 24.3. The first-order chi connectivity index (χ1) is 16.5. The summed E-state index contributed by atoms with van der Waals surface area (Å²) in [5, 5.41) is 0. The van der Waals surface area contributed by atoms with Crippen LogP contribution in [0.15, 0.2) is 47.4 Å². The number of fused-ring (bicyclic) bond motifs is 1. The minimum Gasteiger partial charge on any atom is -0.369 e. The number of benzene rings is 1. The maximum absolute atomic E-state index is 13.6. The van der Waals surface area contributed by atoms with Crippen molar-refractivity contribution in [2.75, 3.05) is 5.75 Å². The van der Waals surface area contributed by atoms with E-state index in [1.54, 1.807) is 31.2 Å². The lowest BCUT2D eigenvalue weighted by molar-refractivity contribution is -0.118. The Balaban J connectivity index is 1.70. The average molecular weight is 493 g/mol. The Morgan fingerprint density at radius 3 is 2.37 bits per heavy atom. The van der Waals surface area contributed by atoms with Crippen molar-refractivity contribution in [3.8, 4) is 0 Å². The quantitative estimate of drug-likeness (QED) is 0.559. The number of carbonyl (C=O) groups excluding carboxylic acids is 2. The Labute approximate surface area is 205 Å². The normalized spacial score (nSPS) is 18.7. The van der Waals surface area contributed by atoms with Gasteiger partial charge in [-0.05, 0) is 69.5 Å². The first-order valence-corrected chi connectivity index (χ1v) is 13.1. The molecule has 2 aromatic heterocycles. The molecule has 4 rings (SSSR count). The van der Waals surface area contributed by atoms with Crippen molar-refractivity contribution in [3.63, 3.8) is 0 Å². The van der Waals surface area contributed by atoms with Crippen molar-refractivity contribution in [1.29, 1.82) is 0 Å². The largest absolute Gasteiger partial charge is 0.369 e. The van der Waals surface area contributed by atoms with E-state index in [4.69, 9.17) is 5.73 Å². The summed E-state index contributed by atoms with van der Waals surface area (Å²) in [4.78, 5) is 39.7. The molecule has 2 N–H and O–H groups in total. The Morgan fingerprint density at radius 1 is 1.09 bits per heavy atom. The molecule has 3 aromatic rings. The highest BCUT2D eigenvalue weighted by Gasteiger charge is 2.42. The molecule has 1 aliphatic rings. The van der Waals surface area contributed by atoms with Crippen molar-refractivity contribution in [3.05, 3.63) is 82.2 Å². The van der Waals surface area contributed by atoms with Gasteiger partial charge in [0.05, 0.1) is 33.1 Å². The molecular weight excluding hydrogens is 464 g/mol. The maximum Gasteiger partial charge on any atom is 0.231 e. The molecule has 0 bridgehead atoms. The van der Waals surface area contributed by atoms with Gasteiger partial charge in [-0.25, -0.2) is 18.4 Å². The molecule has 0 aliphatic heterocycles. The van der Waals surface area contributed by atoms with E-state index in [1.807, 2.05) is 26.8 Å². The van der Waals surface area contributed by atoms with Gasteiger partial charge in [0.15, 0.2) is 15.6 Å². The van der Waals surface area contributed by atoms with Gasteiger partial charge in [-0.2, -0.15) is 0 Å². The SMILES string of the molecule is CCS(=O)(=O)c1ccc(C(C(N)=O)c2ccc3c(n2)CCC(C)(c2cc(C)nc(C)n2)C3=O)cc1. The number of nitrogens with zero attached hydrogens (tertiary/aromatic N) is 3. The van der Waals surface area contributed by atoms with Crippen molar-refractivity contribution in [1.82, 2.24) is 15.0 Å². The second-order valence-corrected chi connectivity index (χ2v) is 11.4. The van der Waals surface area contributed by atoms with E-state index in [1.165, 1.54) is 12.1 Å². The third kappa shape index (κ3) is 4.48. The van der Waals surface area contributed by atoms with E-state index in [2.05, 4.69) is 15.0 Å². The number of aryl methyl sites for hydroxylation is 3. The Bertz CT molecular complexity index is 1410. The fraction of sp³-hybridized carbons (Fsp3) is 0.346. The summed E-state index contributed by atoms with van der Waals surface area (Å²) in [7, 11) is -3.36. The van der Waals surface area contributed by atoms with Gasteiger partial charge in [0.2, 0.25) is 5.91 Å². The molecule has 1 aliphatic carbocycles. The summed E-state index contributed by atoms with van der Waals surface area (Å²) in [6, 6.07) is 11.3. The van der Waals surface area contributed by atoms with Gasteiger partial charge >= 0.3 is 0 Å². The predicted octanol–water partition coefficient (Wildman–Crippen LogP) is 2.99. The van der Waals surface area contributed by atoms with Crippen molar-refractivity contribution in [2.45, 2.75) is 56.8 Å². The van der Waals surface area contributed by atoms with E-state index in [0.29, 0.717) is 46.9 Å². The van der Waals surface area contributed by atoms with E-state index in [0.717, 1.165) is 5.69 Å². The number of nitrogens with two attached hydrogens (primary N) is 1. The van der Waals surface area contributed by atoms with Crippen LogP contribution in [-0.2, 0) is 26.5 Å². The number of pyridine rings is 1. The van der Waals surface area contributed by atoms with Crippen LogP contribution in [0.1, 0.15) is 70.7 Å². The summed E-state index contributed by atoms with van der Waals surface area (Å²) in [6.07, 6.45) is 1.06. The zero-order valence-corrected chi connectivity index (χ0v) is 21.0. The molecule has 0 saturated carbocycles. The number of rotatable bonds is 6. The van der Waals surface area contributed by atoms with E-state index in [-0.39, 0.29) is 16.4 Å². The number of hydrogen-bond donors (Lipinski definition) is 1. The standard InChI is InChI=1S/C26H28N4O4S/c1-5-35(33,34)18-8-6-17(7-9-18)23(25(27)32)21-11-10-19-20(30-21)12-13-26(4,24(19)31)22-14-15(2)28-16(3)29-22/h6-11,14,23H,5,12-13H2,1-4H3,(H2,27,32). The summed E-state index contributed by atoms with van der Waals surface area (Å²) >= 11 is 0. The average Bonchev–Trinajstić information content (AvgIpc) is 2.81. The molecule has 1 amide bonds. The smallest absolute Gasteiger partial charge is 0.231 e. The molecule has 2 atom stereocenters. The van der Waals surface area contributed by atoms with Gasteiger partial charge in [0, 0.05) is 11.3 Å². The van der Waals surface area contributed by atoms with Crippen LogP contribution in [0.25, 0.3) is 0 Å². The molecule has 0 saturated heterocycles. The monoisotopic (exact) mass is 492 g/mol. The van der Waals surface area contributed by atoms with Crippen LogP contribution in [0.5, 0.6) is 0 Å². The molecule has 1 aromatic carbocycles. The van der Waals surface area contributed by atoms with Crippen LogP contribution >= 0.6 is 0 Å². The lowest BCUT2D eigenvalue weighted by Gasteiger charge is -2.33. The highest BCUT2D eigenvalue weighted by Crippen LogP contribution is 2.38. The minimum absolute atomic E-state index is 0.0148. The summed E-state index contributed by atoms with van der Waals surface area (Å²) in [5.41, 5.74) is 8.51. The first-order valence-electron chi connectivity index (χ1n) is 11.5. The Kier molecular flexibility index (Phi) is 6.31. The first kappa shape index (κ1) is 24.7. The molecule has 2 unspecified atom stereocenters. The highest BCUT2D eigenvalue weighted by molar-refractivity contribution is 7.91. The van der Waals surface area contributed by atoms with Gasteiger partial charge in [0.1, 0.15) is 11.7 Å². The third-order valence-electron chi connectivity index (χ3n) is 6.67. The van der Waals surface area contributed by atoms with Gasteiger partial charge < -0.3 is 5.73 Å². The zero-order valence-electron chi connectivity index (χ0n) is 20.2. The Hall–Kier alpha value is -3.46. The van der Waals surface area contributed by atoms with Crippen LogP contribution in [0.4, 0.5) is 0 Å². The number of sulfone groups is 1. The van der Waals surface area contributed by atoms with Gasteiger partial charge in [-0.1, -0.05) is 19.1 Å². The number of carbonyl (C=O) groups is 2. The molecular formula is C26H28N4O4S. The van der Waals surface area contributed by atoms with Crippen LogP contribution < -0.4 is 5.73 Å². The van der Waals surface area contributed by atoms with Crippen molar-refractivity contribution < 1.29 is 18.0 Å². The number of ketones is 1. The fourth-order valence-electron chi connectivity index (χ4n) is 4.61. The van der Waals surface area contributed by atoms with Crippen LogP contribution in [-0.4, -0.2) is 40.8 Å². The van der Waals surface area contributed by atoms with Crippen LogP contribution in [0, 0.1) is 13.8 Å². The van der Waals surface area contributed by atoms with E-state index >= 15 is 0 Å². The van der Waals surface area contributed by atoms with Gasteiger partial charge in [-0.3, -0.25) is 14.6 Å². The van der Waals surface area contributed by atoms with Gasteiger partial charge in [0.25, 0.3) is 0 Å². The van der Waals surface area contributed by atoms with Crippen LogP contribution in [0.3, 0.4) is 0 Å². The molecule has 8 nitrogen and oxygen atoms in total. The molecule has 35 heavy (non-hydrogen) atoms. The summed E-state index contributed by atoms with van der Waals surface area (Å²) in [6.45, 7) is 7.16. The highest BCUT2D eigenvalue weighted by atomic mass is 32.2. The molecule has 0 spiro atoms. The lowest BCUT2D eigenvalue weighted by Crippen LogP contribution is -2.39. The second kappa shape index (κ2) is 8.96. The fourth-order valence-corrected chi connectivity index (χ4v) is 5.50. The van der Waals surface area contributed by atoms with Gasteiger partial charge in [-0.15, -0.1) is 0 Å². The number of Topliss-reactive ketones (excluding diaryl/α,β-unsaturated/α-hetero) is 1. The Morgan fingerprint density at radius 2 is 1.77 bits per heavy atom. The number of hydrogen-bond acceptors (Lipinski definition) is 7. The van der Waals surface area contributed by atoms with Crippen molar-refractivity contribution in [2.24, 2.45) is 5.73 Å². The number of primary amides is 1. The maximum atomic E-state index is 13.6. The topological polar surface area (TPSA) is 133 Å². The molecule has 182 valence electrons. The lowest BCUT2D eigenvalue weighted by atomic mass is 9.70. The predicted molar refractivity (Wildman–Crippen MR) is 131 cm³/mol.